The summed E-state index contributed by atoms with van der Waals surface area (Å²) in [6, 6.07) is 5.03. The third-order valence-electron chi connectivity index (χ3n) is 4.26. The van der Waals surface area contributed by atoms with E-state index in [0.29, 0.717) is 17.7 Å². The van der Waals surface area contributed by atoms with Crippen LogP contribution >= 0.6 is 12.2 Å². The molecule has 3 N–H and O–H groups in total. The summed E-state index contributed by atoms with van der Waals surface area (Å²) < 4.78 is 27.8. The first kappa shape index (κ1) is 16.4. The molecule has 0 saturated heterocycles. The highest BCUT2D eigenvalue weighted by Crippen LogP contribution is 2.37. The van der Waals surface area contributed by atoms with Gasteiger partial charge in [0.15, 0.2) is 0 Å². The molecule has 0 spiro atoms. The molecule has 1 aromatic rings. The van der Waals surface area contributed by atoms with Crippen LogP contribution in [0.3, 0.4) is 0 Å². The number of hydrogen-bond donors (Lipinski definition) is 2. The highest BCUT2D eigenvalue weighted by atomic mass is 32.2. The van der Waals surface area contributed by atoms with Crippen LogP contribution in [-0.2, 0) is 10.0 Å². The fourth-order valence-electron chi connectivity index (χ4n) is 2.80. The lowest BCUT2D eigenvalue weighted by Gasteiger charge is -2.24. The number of nitrogens with two attached hydrogens (primary N) is 1. The summed E-state index contributed by atoms with van der Waals surface area (Å²) in [4.78, 5) is 0.462. The maximum Gasteiger partial charge on any atom is 0.240 e. The van der Waals surface area contributed by atoms with E-state index in [9.17, 15) is 8.42 Å². The van der Waals surface area contributed by atoms with Gasteiger partial charge in [-0.3, -0.25) is 0 Å². The molecule has 21 heavy (non-hydrogen) atoms. The van der Waals surface area contributed by atoms with Gasteiger partial charge in [0.1, 0.15) is 4.99 Å². The zero-order valence-corrected chi connectivity index (χ0v) is 14.1. The van der Waals surface area contributed by atoms with E-state index in [-0.39, 0.29) is 15.3 Å². The smallest absolute Gasteiger partial charge is 0.240 e. The molecule has 116 valence electrons. The molecule has 4 nitrogen and oxygen atoms in total. The molecule has 0 heterocycles. The fraction of sp³-hybridized carbons (Fsp3) is 0.533. The largest absolute Gasteiger partial charge is 0.389 e. The van der Waals surface area contributed by atoms with Crippen LogP contribution in [0.1, 0.15) is 43.7 Å². The Morgan fingerprint density at radius 1 is 1.38 bits per heavy atom. The van der Waals surface area contributed by atoms with Gasteiger partial charge >= 0.3 is 0 Å². The van der Waals surface area contributed by atoms with Gasteiger partial charge in [-0.25, -0.2) is 13.1 Å². The van der Waals surface area contributed by atoms with Crippen molar-refractivity contribution in [1.82, 2.24) is 4.72 Å². The van der Waals surface area contributed by atoms with E-state index in [1.165, 1.54) is 12.8 Å². The molecule has 1 fully saturated rings. The van der Waals surface area contributed by atoms with Crippen LogP contribution < -0.4 is 10.5 Å². The highest BCUT2D eigenvalue weighted by Gasteiger charge is 2.30. The standard InChI is InChI=1S/C15H22N2O2S2/c1-11-5-6-12(14(16)20)9-13(11)21(18,19)17-10-15(2)7-3-4-8-15/h5-6,9,17H,3-4,7-8,10H2,1-2H3,(H2,16,20). The van der Waals surface area contributed by atoms with E-state index in [1.807, 2.05) is 0 Å². The van der Waals surface area contributed by atoms with Crippen LogP contribution in [0.2, 0.25) is 0 Å². The number of thiocarbonyl (C=S) groups is 1. The third kappa shape index (κ3) is 3.81. The molecular formula is C15H22N2O2S2. The first-order chi connectivity index (χ1) is 9.73. The number of sulfonamides is 1. The molecule has 1 aromatic carbocycles. The molecule has 0 aromatic heterocycles. The van der Waals surface area contributed by atoms with Crippen LogP contribution in [0, 0.1) is 12.3 Å². The first-order valence-corrected chi connectivity index (χ1v) is 9.03. The first-order valence-electron chi connectivity index (χ1n) is 7.14. The summed E-state index contributed by atoms with van der Waals surface area (Å²) in [7, 11) is -3.54. The lowest BCUT2D eigenvalue weighted by Crippen LogP contribution is -2.34. The minimum atomic E-state index is -3.54. The summed E-state index contributed by atoms with van der Waals surface area (Å²) >= 11 is 4.92. The van der Waals surface area contributed by atoms with Gasteiger partial charge in [0.25, 0.3) is 0 Å². The third-order valence-corrected chi connectivity index (χ3v) is 6.04. The molecule has 1 aliphatic carbocycles. The molecule has 0 atom stereocenters. The molecule has 2 rings (SSSR count). The van der Waals surface area contributed by atoms with E-state index in [0.717, 1.165) is 12.8 Å². The van der Waals surface area contributed by atoms with E-state index >= 15 is 0 Å². The Bertz CT molecular complexity index is 648. The molecule has 0 radical (unpaired) electrons. The van der Waals surface area contributed by atoms with Crippen molar-refractivity contribution >= 4 is 27.2 Å². The zero-order valence-electron chi connectivity index (χ0n) is 12.5. The van der Waals surface area contributed by atoms with Crippen LogP contribution in [0.15, 0.2) is 23.1 Å². The summed E-state index contributed by atoms with van der Waals surface area (Å²) in [5.74, 6) is 0. The topological polar surface area (TPSA) is 72.2 Å². The maximum absolute atomic E-state index is 12.5. The van der Waals surface area contributed by atoms with Crippen molar-refractivity contribution < 1.29 is 8.42 Å². The number of aryl methyl sites for hydroxylation is 1. The zero-order chi connectivity index (χ0) is 15.7. The van der Waals surface area contributed by atoms with Gasteiger partial charge in [0.2, 0.25) is 10.0 Å². The predicted molar refractivity (Wildman–Crippen MR) is 88.8 cm³/mol. The van der Waals surface area contributed by atoms with Gasteiger partial charge in [-0.05, 0) is 36.8 Å². The Labute approximate surface area is 132 Å². The summed E-state index contributed by atoms with van der Waals surface area (Å²) in [6.45, 7) is 4.39. The lowest BCUT2D eigenvalue weighted by atomic mass is 9.89. The van der Waals surface area contributed by atoms with Gasteiger partial charge in [-0.2, -0.15) is 0 Å². The summed E-state index contributed by atoms with van der Waals surface area (Å²) in [6.07, 6.45) is 4.49. The van der Waals surface area contributed by atoms with E-state index in [1.54, 1.807) is 25.1 Å². The quantitative estimate of drug-likeness (QED) is 0.816. The van der Waals surface area contributed by atoms with Gasteiger partial charge in [-0.1, -0.05) is 44.1 Å². The Kier molecular flexibility index (Phi) is 4.70. The Balaban J connectivity index is 2.23. The van der Waals surface area contributed by atoms with Crippen LogP contribution in [0.5, 0.6) is 0 Å². The van der Waals surface area contributed by atoms with E-state index < -0.39 is 10.0 Å². The Hall–Kier alpha value is -0.980. The Morgan fingerprint density at radius 2 is 2.00 bits per heavy atom. The maximum atomic E-state index is 12.5. The molecule has 0 amide bonds. The highest BCUT2D eigenvalue weighted by molar-refractivity contribution is 7.89. The van der Waals surface area contributed by atoms with Crippen molar-refractivity contribution in [3.8, 4) is 0 Å². The second-order valence-electron chi connectivity index (χ2n) is 6.19. The van der Waals surface area contributed by atoms with Crippen molar-refractivity contribution in [2.75, 3.05) is 6.54 Å². The molecule has 0 bridgehead atoms. The molecule has 6 heteroatoms. The average molecular weight is 326 g/mol. The van der Waals surface area contributed by atoms with Crippen LogP contribution in [0.25, 0.3) is 0 Å². The van der Waals surface area contributed by atoms with Gasteiger partial charge in [-0.15, -0.1) is 0 Å². The predicted octanol–water partition coefficient (Wildman–Crippen LogP) is 2.49. The van der Waals surface area contributed by atoms with Crippen LogP contribution in [0.4, 0.5) is 0 Å². The van der Waals surface area contributed by atoms with Gasteiger partial charge in [0, 0.05) is 12.1 Å². The molecule has 0 aliphatic heterocycles. The molecule has 1 aliphatic rings. The van der Waals surface area contributed by atoms with Gasteiger partial charge < -0.3 is 5.73 Å². The number of nitrogens with one attached hydrogen (secondary N) is 1. The average Bonchev–Trinajstić information content (AvgIpc) is 2.84. The van der Waals surface area contributed by atoms with Crippen LogP contribution in [-0.4, -0.2) is 20.0 Å². The van der Waals surface area contributed by atoms with E-state index in [2.05, 4.69) is 11.6 Å². The van der Waals surface area contributed by atoms with Crippen molar-refractivity contribution in [3.05, 3.63) is 29.3 Å². The van der Waals surface area contributed by atoms with Crippen molar-refractivity contribution in [3.63, 3.8) is 0 Å². The minimum Gasteiger partial charge on any atom is -0.389 e. The fourth-order valence-corrected chi connectivity index (χ4v) is 4.39. The summed E-state index contributed by atoms with van der Waals surface area (Å²) in [5.41, 5.74) is 6.92. The lowest BCUT2D eigenvalue weighted by molar-refractivity contribution is 0.336. The number of rotatable bonds is 5. The second-order valence-corrected chi connectivity index (χ2v) is 8.36. The SMILES string of the molecule is Cc1ccc(C(N)=S)cc1S(=O)(=O)NCC1(C)CCCC1. The number of benzene rings is 1. The second kappa shape index (κ2) is 6.02. The normalized spacial score (nSPS) is 17.8. The van der Waals surface area contributed by atoms with Gasteiger partial charge in [0.05, 0.1) is 4.90 Å². The van der Waals surface area contributed by atoms with Crippen molar-refractivity contribution in [2.45, 2.75) is 44.4 Å². The minimum absolute atomic E-state index is 0.0712. The monoisotopic (exact) mass is 326 g/mol. The Morgan fingerprint density at radius 3 is 2.57 bits per heavy atom. The van der Waals surface area contributed by atoms with Crippen molar-refractivity contribution in [1.29, 1.82) is 0 Å². The van der Waals surface area contributed by atoms with E-state index in [4.69, 9.17) is 18.0 Å². The molecule has 1 saturated carbocycles. The number of hydrogen-bond acceptors (Lipinski definition) is 3. The molecule has 0 unspecified atom stereocenters. The molecular weight excluding hydrogens is 304 g/mol. The summed E-state index contributed by atoms with van der Waals surface area (Å²) in [5, 5.41) is 0. The van der Waals surface area contributed by atoms with Crippen molar-refractivity contribution in [2.24, 2.45) is 11.1 Å².